The average Bonchev–Trinajstić information content (AvgIpc) is 3.84. The Balaban J connectivity index is 1.01. The SMILES string of the molecule is c1ccc(-c2nc(-c3ccc4c(c3)sc3c(-c5ccc6c7ccccc7c7ccccc7c6c5)cccc34)nc(-c3ccc4oc5ccccc5c4c3)n2)cc1. The highest BCUT2D eigenvalue weighted by molar-refractivity contribution is 7.26. The van der Waals surface area contributed by atoms with E-state index in [1.165, 1.54) is 63.6 Å². The van der Waals surface area contributed by atoms with E-state index in [0.717, 1.165) is 38.6 Å². The van der Waals surface area contributed by atoms with Crippen LogP contribution in [0.3, 0.4) is 0 Å². The van der Waals surface area contributed by atoms with Crippen molar-refractivity contribution in [3.05, 3.63) is 176 Å². The number of aromatic nitrogens is 3. The van der Waals surface area contributed by atoms with Crippen molar-refractivity contribution in [3.8, 4) is 45.3 Å². The fourth-order valence-corrected chi connectivity index (χ4v) is 9.73. The first-order valence-electron chi connectivity index (χ1n) is 18.8. The molecule has 5 heteroatoms. The highest BCUT2D eigenvalue weighted by atomic mass is 32.1. The van der Waals surface area contributed by atoms with Gasteiger partial charge in [0.2, 0.25) is 0 Å². The minimum absolute atomic E-state index is 0.622. The van der Waals surface area contributed by atoms with Crippen LogP contribution in [0.15, 0.2) is 180 Å². The highest BCUT2D eigenvalue weighted by Gasteiger charge is 2.17. The van der Waals surface area contributed by atoms with Crippen LogP contribution in [0.2, 0.25) is 0 Å². The lowest BCUT2D eigenvalue weighted by Gasteiger charge is -2.12. The molecule has 0 bridgehead atoms. The van der Waals surface area contributed by atoms with Gasteiger partial charge in [0, 0.05) is 47.6 Å². The number of hydrogen-bond donors (Lipinski definition) is 0. The monoisotopic (exact) mass is 731 g/mol. The molecule has 12 aromatic rings. The van der Waals surface area contributed by atoms with Gasteiger partial charge in [0.25, 0.3) is 0 Å². The quantitative estimate of drug-likeness (QED) is 0.169. The Hall–Kier alpha value is -7.21. The molecule has 0 amide bonds. The molecule has 0 radical (unpaired) electrons. The maximum atomic E-state index is 6.13. The first-order chi connectivity index (χ1) is 27.7. The third kappa shape index (κ3) is 4.81. The zero-order valence-electron chi connectivity index (χ0n) is 29.9. The van der Waals surface area contributed by atoms with E-state index in [9.17, 15) is 0 Å². The Morgan fingerprint density at radius 3 is 1.59 bits per heavy atom. The van der Waals surface area contributed by atoms with E-state index in [4.69, 9.17) is 19.4 Å². The Bertz CT molecular complexity index is 3510. The van der Waals surface area contributed by atoms with Crippen LogP contribution in [0.4, 0.5) is 0 Å². The fraction of sp³-hybridized carbons (Fsp3) is 0. The molecule has 4 nitrogen and oxygen atoms in total. The van der Waals surface area contributed by atoms with Crippen LogP contribution in [0.25, 0.3) is 120 Å². The molecule has 260 valence electrons. The summed E-state index contributed by atoms with van der Waals surface area (Å²) in [6, 6.07) is 62.2. The zero-order valence-corrected chi connectivity index (χ0v) is 30.7. The average molecular weight is 732 g/mol. The van der Waals surface area contributed by atoms with E-state index in [1.807, 2.05) is 72.0 Å². The molecule has 0 saturated carbocycles. The Morgan fingerprint density at radius 2 is 0.839 bits per heavy atom. The van der Waals surface area contributed by atoms with Crippen LogP contribution in [-0.2, 0) is 0 Å². The first-order valence-corrected chi connectivity index (χ1v) is 19.6. The molecular weight excluding hydrogens is 703 g/mol. The number of rotatable bonds is 4. The van der Waals surface area contributed by atoms with Gasteiger partial charge in [0.15, 0.2) is 17.5 Å². The van der Waals surface area contributed by atoms with Crippen LogP contribution in [-0.4, -0.2) is 15.0 Å². The molecule has 0 fully saturated rings. The van der Waals surface area contributed by atoms with Crippen LogP contribution in [0, 0.1) is 0 Å². The zero-order chi connectivity index (χ0) is 36.7. The summed E-state index contributed by atoms with van der Waals surface area (Å²) in [6.45, 7) is 0. The topological polar surface area (TPSA) is 51.8 Å². The predicted octanol–water partition coefficient (Wildman–Crippen LogP) is 14.3. The summed E-state index contributed by atoms with van der Waals surface area (Å²) in [6.07, 6.45) is 0. The van der Waals surface area contributed by atoms with Gasteiger partial charge >= 0.3 is 0 Å². The molecule has 0 saturated heterocycles. The van der Waals surface area contributed by atoms with Gasteiger partial charge in [-0.3, -0.25) is 0 Å². The molecule has 9 aromatic carbocycles. The standard InChI is InChI=1S/C51H29N3OS/c1-2-11-30(12-3-1)49-52-50(32-23-26-46-44(28-32)40-17-8-9-20-45(40)55-46)54-51(53-49)33-22-25-41-42-19-10-18-34(48(42)56-47(41)29-33)31-21-24-39-37-15-5-4-13-35(37)36-14-6-7-16-38(36)43(39)27-31/h1-29H. The van der Waals surface area contributed by atoms with Crippen molar-refractivity contribution in [3.63, 3.8) is 0 Å². The van der Waals surface area contributed by atoms with E-state index in [2.05, 4.69) is 115 Å². The van der Waals surface area contributed by atoms with Crippen LogP contribution >= 0.6 is 11.3 Å². The van der Waals surface area contributed by atoms with Crippen molar-refractivity contribution in [2.24, 2.45) is 0 Å². The Labute approximate surface area is 325 Å². The van der Waals surface area contributed by atoms with Gasteiger partial charge in [-0.1, -0.05) is 140 Å². The Kier molecular flexibility index (Phi) is 6.76. The van der Waals surface area contributed by atoms with Gasteiger partial charge < -0.3 is 4.42 Å². The molecule has 0 aliphatic carbocycles. The summed E-state index contributed by atoms with van der Waals surface area (Å²) in [4.78, 5) is 15.2. The van der Waals surface area contributed by atoms with E-state index >= 15 is 0 Å². The molecule has 3 aromatic heterocycles. The van der Waals surface area contributed by atoms with E-state index in [0.29, 0.717) is 17.5 Å². The highest BCUT2D eigenvalue weighted by Crippen LogP contribution is 2.43. The molecule has 0 spiro atoms. The second kappa shape index (κ2) is 12.2. The third-order valence-corrected chi connectivity index (χ3v) is 12.3. The van der Waals surface area contributed by atoms with Gasteiger partial charge in [-0.15, -0.1) is 11.3 Å². The summed E-state index contributed by atoms with van der Waals surface area (Å²) >= 11 is 1.83. The number of hydrogen-bond acceptors (Lipinski definition) is 5. The predicted molar refractivity (Wildman–Crippen MR) is 234 cm³/mol. The van der Waals surface area contributed by atoms with Gasteiger partial charge in [-0.2, -0.15) is 0 Å². The minimum atomic E-state index is 0.622. The number of para-hydroxylation sites is 1. The summed E-state index contributed by atoms with van der Waals surface area (Å²) in [5.74, 6) is 1.90. The van der Waals surface area contributed by atoms with Crippen molar-refractivity contribution < 1.29 is 4.42 Å². The molecule has 0 unspecified atom stereocenters. The lowest BCUT2D eigenvalue weighted by atomic mass is 9.92. The number of benzene rings is 9. The van der Waals surface area contributed by atoms with Crippen LogP contribution in [0.1, 0.15) is 0 Å². The molecule has 0 atom stereocenters. The summed E-state index contributed by atoms with van der Waals surface area (Å²) in [5, 5.41) is 12.3. The van der Waals surface area contributed by atoms with Gasteiger partial charge in [-0.05, 0) is 79.8 Å². The minimum Gasteiger partial charge on any atom is -0.456 e. The van der Waals surface area contributed by atoms with Crippen LogP contribution in [0.5, 0.6) is 0 Å². The van der Waals surface area contributed by atoms with Gasteiger partial charge in [0.05, 0.1) is 0 Å². The second-order valence-corrected chi connectivity index (χ2v) is 15.4. The molecule has 0 aliphatic rings. The molecule has 12 rings (SSSR count). The normalized spacial score (nSPS) is 11.9. The van der Waals surface area contributed by atoms with Crippen molar-refractivity contribution in [2.75, 3.05) is 0 Å². The van der Waals surface area contributed by atoms with Crippen molar-refractivity contribution >= 4 is 85.8 Å². The Morgan fingerprint density at radius 1 is 0.321 bits per heavy atom. The number of thiophene rings is 1. The molecule has 0 aliphatic heterocycles. The molecular formula is C51H29N3OS. The molecule has 56 heavy (non-hydrogen) atoms. The maximum Gasteiger partial charge on any atom is 0.164 e. The summed E-state index contributed by atoms with van der Waals surface area (Å²) < 4.78 is 8.59. The molecule has 0 N–H and O–H groups in total. The number of fused-ring (bicyclic) bond motifs is 12. The smallest absolute Gasteiger partial charge is 0.164 e. The van der Waals surface area contributed by atoms with Gasteiger partial charge in [0.1, 0.15) is 11.2 Å². The van der Waals surface area contributed by atoms with Gasteiger partial charge in [-0.25, -0.2) is 15.0 Å². The van der Waals surface area contributed by atoms with Crippen molar-refractivity contribution in [2.45, 2.75) is 0 Å². The number of furan rings is 1. The summed E-state index contributed by atoms with van der Waals surface area (Å²) in [5.41, 5.74) is 6.96. The third-order valence-electron chi connectivity index (χ3n) is 11.1. The maximum absolute atomic E-state index is 6.13. The van der Waals surface area contributed by atoms with Crippen molar-refractivity contribution in [1.82, 2.24) is 15.0 Å². The first kappa shape index (κ1) is 31.2. The second-order valence-electron chi connectivity index (χ2n) is 14.3. The lowest BCUT2D eigenvalue weighted by Crippen LogP contribution is -2.00. The van der Waals surface area contributed by atoms with E-state index in [-0.39, 0.29) is 0 Å². The fourth-order valence-electron chi connectivity index (χ4n) is 8.46. The lowest BCUT2D eigenvalue weighted by molar-refractivity contribution is 0.669. The molecule has 3 heterocycles. The van der Waals surface area contributed by atoms with E-state index in [1.54, 1.807) is 0 Å². The van der Waals surface area contributed by atoms with E-state index < -0.39 is 0 Å². The largest absolute Gasteiger partial charge is 0.456 e. The summed E-state index contributed by atoms with van der Waals surface area (Å²) in [7, 11) is 0. The van der Waals surface area contributed by atoms with Crippen LogP contribution < -0.4 is 0 Å². The number of nitrogens with zero attached hydrogens (tertiary/aromatic N) is 3. The van der Waals surface area contributed by atoms with Crippen molar-refractivity contribution in [1.29, 1.82) is 0 Å².